The van der Waals surface area contributed by atoms with Crippen LogP contribution in [0, 0.1) is 17.0 Å². The molecule has 0 spiro atoms. The number of aromatic nitrogens is 2. The van der Waals surface area contributed by atoms with Crippen molar-refractivity contribution in [2.24, 2.45) is 5.73 Å². The number of amides is 1. The lowest BCUT2D eigenvalue weighted by atomic mass is 9.88. The number of benzene rings is 3. The number of anilines is 2. The number of non-ortho nitro benzene ring substituents is 1. The summed E-state index contributed by atoms with van der Waals surface area (Å²) in [6.07, 6.45) is 0. The minimum Gasteiger partial charge on any atom is -0.493 e. The second kappa shape index (κ2) is 9.12. The lowest BCUT2D eigenvalue weighted by Crippen LogP contribution is -2.23. The molecule has 0 aliphatic carbocycles. The predicted molar refractivity (Wildman–Crippen MR) is 130 cm³/mol. The number of nitro benzene ring substituents is 1. The SMILES string of the molecule is Cc1ccc(C(C(N)=O)c2cc([N+](=O)[O-])cc3c(O)nc(Nc4ccc(Cl)c(Cl)c4)nc23)cc1. The molecule has 1 atom stereocenters. The molecule has 0 saturated carbocycles. The Morgan fingerprint density at radius 1 is 1.09 bits per heavy atom. The highest BCUT2D eigenvalue weighted by molar-refractivity contribution is 6.42. The maximum atomic E-state index is 12.5. The fourth-order valence-electron chi connectivity index (χ4n) is 3.57. The Labute approximate surface area is 203 Å². The maximum Gasteiger partial charge on any atom is 0.270 e. The third-order valence-electron chi connectivity index (χ3n) is 5.19. The first kappa shape index (κ1) is 23.2. The number of carbonyl (C=O) groups excluding carboxylic acids is 1. The van der Waals surface area contributed by atoms with Gasteiger partial charge >= 0.3 is 0 Å². The molecule has 3 aromatic carbocycles. The number of nitro groups is 1. The average Bonchev–Trinajstić information content (AvgIpc) is 2.77. The molecule has 0 radical (unpaired) electrons. The number of hydrogen-bond acceptors (Lipinski definition) is 7. The van der Waals surface area contributed by atoms with Crippen LogP contribution in [0.5, 0.6) is 5.88 Å². The van der Waals surface area contributed by atoms with Gasteiger partial charge < -0.3 is 16.2 Å². The summed E-state index contributed by atoms with van der Waals surface area (Å²) in [6, 6.07) is 14.2. The highest BCUT2D eigenvalue weighted by atomic mass is 35.5. The van der Waals surface area contributed by atoms with Crippen molar-refractivity contribution < 1.29 is 14.8 Å². The Bertz CT molecular complexity index is 1440. The minimum atomic E-state index is -1.06. The summed E-state index contributed by atoms with van der Waals surface area (Å²) in [5.41, 5.74) is 7.65. The van der Waals surface area contributed by atoms with E-state index in [9.17, 15) is 20.0 Å². The van der Waals surface area contributed by atoms with E-state index in [2.05, 4.69) is 15.3 Å². The highest BCUT2D eigenvalue weighted by Crippen LogP contribution is 2.37. The minimum absolute atomic E-state index is 0.00208. The number of carbonyl (C=O) groups is 1. The van der Waals surface area contributed by atoms with Gasteiger partial charge in [-0.25, -0.2) is 4.98 Å². The van der Waals surface area contributed by atoms with Crippen molar-refractivity contribution in [3.63, 3.8) is 0 Å². The fraction of sp³-hybridized carbons (Fsp3) is 0.0870. The lowest BCUT2D eigenvalue weighted by Gasteiger charge is -2.17. The van der Waals surface area contributed by atoms with Gasteiger partial charge in [0.25, 0.3) is 5.69 Å². The smallest absolute Gasteiger partial charge is 0.270 e. The molecular weight excluding hydrogens is 481 g/mol. The number of primary amides is 1. The van der Waals surface area contributed by atoms with Gasteiger partial charge in [-0.05, 0) is 30.7 Å². The van der Waals surface area contributed by atoms with E-state index < -0.39 is 22.6 Å². The standard InChI is InChI=1S/C23H17Cl2N5O4/c1-11-2-4-12(5-3-11)19(21(26)31)15-9-14(30(33)34)10-16-20(15)28-23(29-22(16)32)27-13-6-7-17(24)18(25)8-13/h2-10,19H,1H3,(H2,26,31)(H2,27,28,29,32). The van der Waals surface area contributed by atoms with Gasteiger partial charge in [-0.3, -0.25) is 14.9 Å². The summed E-state index contributed by atoms with van der Waals surface area (Å²) in [5, 5.41) is 25.7. The third kappa shape index (κ3) is 4.57. The van der Waals surface area contributed by atoms with Gasteiger partial charge in [0.15, 0.2) is 0 Å². The molecule has 11 heteroatoms. The Hall–Kier alpha value is -3.95. The van der Waals surface area contributed by atoms with Crippen LogP contribution in [0.3, 0.4) is 0 Å². The van der Waals surface area contributed by atoms with Crippen LogP contribution in [0.25, 0.3) is 10.9 Å². The number of nitrogens with two attached hydrogens (primary N) is 1. The molecule has 4 rings (SSSR count). The number of halogens is 2. The van der Waals surface area contributed by atoms with E-state index in [1.165, 1.54) is 6.07 Å². The molecule has 1 heterocycles. The first-order chi connectivity index (χ1) is 16.1. The van der Waals surface area contributed by atoms with Crippen molar-refractivity contribution in [3.8, 4) is 5.88 Å². The van der Waals surface area contributed by atoms with E-state index in [0.717, 1.165) is 11.6 Å². The summed E-state index contributed by atoms with van der Waals surface area (Å²) in [7, 11) is 0. The predicted octanol–water partition coefficient (Wildman–Crippen LogP) is 5.22. The molecule has 9 nitrogen and oxygen atoms in total. The number of aromatic hydroxyl groups is 1. The first-order valence-corrected chi connectivity index (χ1v) is 10.7. The fourth-order valence-corrected chi connectivity index (χ4v) is 3.87. The highest BCUT2D eigenvalue weighted by Gasteiger charge is 2.27. The van der Waals surface area contributed by atoms with Crippen molar-refractivity contribution in [3.05, 3.63) is 91.4 Å². The van der Waals surface area contributed by atoms with Crippen molar-refractivity contribution in [1.29, 1.82) is 0 Å². The van der Waals surface area contributed by atoms with Gasteiger partial charge in [0.05, 0.1) is 31.8 Å². The zero-order valence-electron chi connectivity index (χ0n) is 17.6. The van der Waals surface area contributed by atoms with Crippen LogP contribution in [0.15, 0.2) is 54.6 Å². The van der Waals surface area contributed by atoms with E-state index in [1.807, 2.05) is 6.92 Å². The molecule has 0 saturated heterocycles. The summed E-state index contributed by atoms with van der Waals surface area (Å²) in [4.78, 5) is 31.9. The van der Waals surface area contributed by atoms with Crippen LogP contribution in [-0.4, -0.2) is 25.9 Å². The van der Waals surface area contributed by atoms with Gasteiger partial charge in [0, 0.05) is 23.4 Å². The van der Waals surface area contributed by atoms with Crippen LogP contribution in [0.1, 0.15) is 22.6 Å². The number of fused-ring (bicyclic) bond motifs is 1. The zero-order chi connectivity index (χ0) is 24.6. The summed E-state index contributed by atoms with van der Waals surface area (Å²) >= 11 is 12.0. The van der Waals surface area contributed by atoms with Crippen LogP contribution < -0.4 is 11.1 Å². The quantitative estimate of drug-likeness (QED) is 0.244. The Balaban J connectivity index is 1.94. The van der Waals surface area contributed by atoms with Gasteiger partial charge in [0.2, 0.25) is 17.7 Å². The topological polar surface area (TPSA) is 144 Å². The molecule has 0 fully saturated rings. The largest absolute Gasteiger partial charge is 0.493 e. The lowest BCUT2D eigenvalue weighted by molar-refractivity contribution is -0.384. The van der Waals surface area contributed by atoms with Crippen LogP contribution in [0.4, 0.5) is 17.3 Å². The number of rotatable bonds is 6. The van der Waals surface area contributed by atoms with Crippen molar-refractivity contribution in [2.45, 2.75) is 12.8 Å². The summed E-state index contributed by atoms with van der Waals surface area (Å²) in [5.74, 6) is -2.33. The van der Waals surface area contributed by atoms with E-state index in [1.54, 1.807) is 42.5 Å². The molecule has 4 aromatic rings. The van der Waals surface area contributed by atoms with E-state index in [4.69, 9.17) is 28.9 Å². The van der Waals surface area contributed by atoms with Gasteiger partial charge in [-0.1, -0.05) is 53.0 Å². The molecule has 1 amide bonds. The van der Waals surface area contributed by atoms with Crippen molar-refractivity contribution >= 4 is 57.3 Å². The van der Waals surface area contributed by atoms with E-state index >= 15 is 0 Å². The zero-order valence-corrected chi connectivity index (χ0v) is 19.1. The van der Waals surface area contributed by atoms with Crippen LogP contribution >= 0.6 is 23.2 Å². The number of nitrogens with zero attached hydrogens (tertiary/aromatic N) is 3. The maximum absolute atomic E-state index is 12.5. The third-order valence-corrected chi connectivity index (χ3v) is 5.93. The number of aryl methyl sites for hydroxylation is 1. The summed E-state index contributed by atoms with van der Waals surface area (Å²) in [6.45, 7) is 1.89. The molecule has 1 unspecified atom stereocenters. The second-order valence-corrected chi connectivity index (χ2v) is 8.37. The monoisotopic (exact) mass is 497 g/mol. The Kier molecular flexibility index (Phi) is 6.23. The normalized spacial score (nSPS) is 11.9. The molecule has 172 valence electrons. The van der Waals surface area contributed by atoms with Crippen LogP contribution in [0.2, 0.25) is 10.0 Å². The summed E-state index contributed by atoms with van der Waals surface area (Å²) < 4.78 is 0. The van der Waals surface area contributed by atoms with Crippen molar-refractivity contribution in [2.75, 3.05) is 5.32 Å². The molecular formula is C23H17Cl2N5O4. The number of hydrogen-bond donors (Lipinski definition) is 3. The Morgan fingerprint density at radius 3 is 2.41 bits per heavy atom. The molecule has 0 aliphatic heterocycles. The molecule has 0 aliphatic rings. The average molecular weight is 498 g/mol. The molecule has 0 bridgehead atoms. The second-order valence-electron chi connectivity index (χ2n) is 7.56. The molecule has 1 aromatic heterocycles. The Morgan fingerprint density at radius 2 is 1.79 bits per heavy atom. The van der Waals surface area contributed by atoms with Crippen LogP contribution in [-0.2, 0) is 4.79 Å². The van der Waals surface area contributed by atoms with E-state index in [-0.39, 0.29) is 28.1 Å². The van der Waals surface area contributed by atoms with Gasteiger partial charge in [-0.15, -0.1) is 0 Å². The molecule has 34 heavy (non-hydrogen) atoms. The van der Waals surface area contributed by atoms with Crippen molar-refractivity contribution in [1.82, 2.24) is 9.97 Å². The molecule has 4 N–H and O–H groups in total. The van der Waals surface area contributed by atoms with Gasteiger partial charge in [0.1, 0.15) is 0 Å². The van der Waals surface area contributed by atoms with E-state index in [0.29, 0.717) is 21.3 Å². The van der Waals surface area contributed by atoms with Gasteiger partial charge in [-0.2, -0.15) is 4.98 Å². The number of nitrogens with one attached hydrogen (secondary N) is 1. The first-order valence-electron chi connectivity index (χ1n) is 9.91.